The molecule has 0 radical (unpaired) electrons. The van der Waals surface area contributed by atoms with Crippen molar-refractivity contribution in [3.05, 3.63) is 46.2 Å². The number of benzene rings is 1. The van der Waals surface area contributed by atoms with E-state index in [0.717, 1.165) is 0 Å². The Hall–Kier alpha value is -2.28. The molecule has 122 valence electrons. The third kappa shape index (κ3) is 4.35. The van der Waals surface area contributed by atoms with Gasteiger partial charge in [-0.05, 0) is 45.0 Å². The van der Waals surface area contributed by atoms with Crippen molar-refractivity contribution in [2.24, 2.45) is 0 Å². The van der Waals surface area contributed by atoms with E-state index in [1.165, 1.54) is 40.5 Å². The van der Waals surface area contributed by atoms with E-state index in [1.807, 2.05) is 13.8 Å². The number of carbonyl (C=O) groups is 2. The van der Waals surface area contributed by atoms with Crippen molar-refractivity contribution in [2.45, 2.75) is 26.8 Å². The molecule has 7 heteroatoms. The lowest BCUT2D eigenvalue weighted by molar-refractivity contribution is -0.117. The lowest BCUT2D eigenvalue weighted by Crippen LogP contribution is -2.42. The van der Waals surface area contributed by atoms with E-state index in [-0.39, 0.29) is 30.2 Å². The molecule has 1 aromatic carbocycles. The second-order valence-corrected chi connectivity index (χ2v) is 6.20. The van der Waals surface area contributed by atoms with E-state index in [1.54, 1.807) is 12.4 Å². The first-order valence-corrected chi connectivity index (χ1v) is 8.03. The zero-order valence-corrected chi connectivity index (χ0v) is 14.0. The molecule has 5 nitrogen and oxygen atoms in total. The molecule has 0 aliphatic rings. The first-order valence-electron chi connectivity index (χ1n) is 7.15. The molecule has 2 amide bonds. The Kier molecular flexibility index (Phi) is 5.44. The van der Waals surface area contributed by atoms with Crippen LogP contribution in [0.3, 0.4) is 0 Å². The Labute approximate surface area is 138 Å². The van der Waals surface area contributed by atoms with Crippen molar-refractivity contribution >= 4 is 28.8 Å². The minimum atomic E-state index is -0.373. The number of aromatic nitrogens is 1. The highest BCUT2D eigenvalue weighted by molar-refractivity contribution is 7.11. The van der Waals surface area contributed by atoms with E-state index in [9.17, 15) is 14.0 Å². The summed E-state index contributed by atoms with van der Waals surface area (Å²) in [6.45, 7) is 5.38. The average molecular weight is 335 g/mol. The van der Waals surface area contributed by atoms with Gasteiger partial charge in [-0.2, -0.15) is 0 Å². The van der Waals surface area contributed by atoms with Crippen molar-refractivity contribution in [1.29, 1.82) is 0 Å². The molecular weight excluding hydrogens is 317 g/mol. The minimum Gasteiger partial charge on any atom is -0.326 e. The third-order valence-corrected chi connectivity index (χ3v) is 4.18. The molecular formula is C16H18FN3O2S. The van der Waals surface area contributed by atoms with Gasteiger partial charge in [0, 0.05) is 11.7 Å². The van der Waals surface area contributed by atoms with Crippen LogP contribution >= 0.6 is 11.3 Å². The van der Waals surface area contributed by atoms with Gasteiger partial charge in [-0.15, -0.1) is 11.3 Å². The van der Waals surface area contributed by atoms with Crippen LogP contribution in [0, 0.1) is 12.7 Å². The number of amides is 2. The molecule has 0 aliphatic carbocycles. The van der Waals surface area contributed by atoms with Gasteiger partial charge in [0.2, 0.25) is 5.91 Å². The highest BCUT2D eigenvalue weighted by atomic mass is 32.1. The number of hydrogen-bond acceptors (Lipinski definition) is 4. The first-order chi connectivity index (χ1) is 10.9. The van der Waals surface area contributed by atoms with Gasteiger partial charge in [-0.25, -0.2) is 9.37 Å². The summed E-state index contributed by atoms with van der Waals surface area (Å²) in [7, 11) is 0. The summed E-state index contributed by atoms with van der Waals surface area (Å²) in [5.41, 5.74) is 2.76. The number of hydrogen-bond donors (Lipinski definition) is 1. The molecule has 0 unspecified atom stereocenters. The van der Waals surface area contributed by atoms with Gasteiger partial charge in [0.1, 0.15) is 17.2 Å². The van der Waals surface area contributed by atoms with Crippen molar-refractivity contribution in [1.82, 2.24) is 9.88 Å². The normalized spacial score (nSPS) is 10.7. The predicted octanol–water partition coefficient (Wildman–Crippen LogP) is 3.08. The summed E-state index contributed by atoms with van der Waals surface area (Å²) < 4.78 is 12.9. The number of aryl methyl sites for hydroxylation is 1. The highest BCUT2D eigenvalue weighted by Crippen LogP contribution is 2.17. The minimum absolute atomic E-state index is 0.0782. The van der Waals surface area contributed by atoms with E-state index >= 15 is 0 Å². The van der Waals surface area contributed by atoms with Gasteiger partial charge in [-0.1, -0.05) is 0 Å². The van der Waals surface area contributed by atoms with Crippen LogP contribution in [-0.2, 0) is 4.79 Å². The van der Waals surface area contributed by atoms with Crippen LogP contribution < -0.4 is 5.32 Å². The van der Waals surface area contributed by atoms with Crippen LogP contribution in [0.2, 0.25) is 0 Å². The van der Waals surface area contributed by atoms with Gasteiger partial charge >= 0.3 is 0 Å². The van der Waals surface area contributed by atoms with Crippen LogP contribution in [-0.4, -0.2) is 34.3 Å². The third-order valence-electron chi connectivity index (χ3n) is 3.27. The van der Waals surface area contributed by atoms with E-state index in [4.69, 9.17) is 0 Å². The van der Waals surface area contributed by atoms with E-state index < -0.39 is 0 Å². The molecule has 23 heavy (non-hydrogen) atoms. The van der Waals surface area contributed by atoms with Gasteiger partial charge in [0.15, 0.2) is 0 Å². The van der Waals surface area contributed by atoms with Gasteiger partial charge in [0.25, 0.3) is 5.91 Å². The maximum absolute atomic E-state index is 12.9. The number of carbonyl (C=O) groups excluding carboxylic acids is 2. The zero-order chi connectivity index (χ0) is 17.0. The molecule has 1 N–H and O–H groups in total. The highest BCUT2D eigenvalue weighted by Gasteiger charge is 2.24. The van der Waals surface area contributed by atoms with Crippen LogP contribution in [0.25, 0.3) is 0 Å². The second-order valence-electron chi connectivity index (χ2n) is 5.35. The second kappa shape index (κ2) is 7.32. The number of rotatable bonds is 5. The fraction of sp³-hybridized carbons (Fsp3) is 0.312. The maximum atomic E-state index is 12.9. The Morgan fingerprint density at radius 2 is 1.96 bits per heavy atom. The fourth-order valence-electron chi connectivity index (χ4n) is 2.01. The SMILES string of the molecule is Cc1ncsc1C(=O)N(CC(=O)Nc1ccc(F)cc1)C(C)C. The van der Waals surface area contributed by atoms with Gasteiger partial charge in [-0.3, -0.25) is 9.59 Å². The largest absolute Gasteiger partial charge is 0.326 e. The van der Waals surface area contributed by atoms with Crippen LogP contribution in [0.1, 0.15) is 29.2 Å². The summed E-state index contributed by atoms with van der Waals surface area (Å²) >= 11 is 1.26. The first kappa shape index (κ1) is 17.1. The van der Waals surface area contributed by atoms with Crippen molar-refractivity contribution in [3.8, 4) is 0 Å². The summed E-state index contributed by atoms with van der Waals surface area (Å²) in [5, 5.41) is 2.66. The van der Waals surface area contributed by atoms with Gasteiger partial charge < -0.3 is 10.2 Å². The molecule has 0 fully saturated rings. The molecule has 2 rings (SSSR count). The molecule has 0 bridgehead atoms. The Bertz CT molecular complexity index is 698. The topological polar surface area (TPSA) is 62.3 Å². The van der Waals surface area contributed by atoms with Crippen molar-refractivity contribution < 1.29 is 14.0 Å². The monoisotopic (exact) mass is 335 g/mol. The fourth-order valence-corrected chi connectivity index (χ4v) is 2.77. The van der Waals surface area contributed by atoms with Crippen LogP contribution in [0.5, 0.6) is 0 Å². The molecule has 0 atom stereocenters. The summed E-state index contributed by atoms with van der Waals surface area (Å²) in [6.07, 6.45) is 0. The lowest BCUT2D eigenvalue weighted by Gasteiger charge is -2.25. The van der Waals surface area contributed by atoms with E-state index in [2.05, 4.69) is 10.3 Å². The molecule has 0 spiro atoms. The number of anilines is 1. The van der Waals surface area contributed by atoms with Gasteiger partial charge in [0.05, 0.1) is 11.2 Å². The maximum Gasteiger partial charge on any atom is 0.266 e. The number of halogens is 1. The molecule has 0 saturated carbocycles. The number of nitrogens with one attached hydrogen (secondary N) is 1. The summed E-state index contributed by atoms with van der Waals surface area (Å²) in [5.74, 6) is -0.919. The van der Waals surface area contributed by atoms with Crippen LogP contribution in [0.15, 0.2) is 29.8 Å². The Balaban J connectivity index is 2.07. The molecule has 0 aliphatic heterocycles. The summed E-state index contributed by atoms with van der Waals surface area (Å²) in [4.78, 5) is 30.8. The average Bonchev–Trinajstić information content (AvgIpc) is 2.92. The quantitative estimate of drug-likeness (QED) is 0.913. The predicted molar refractivity (Wildman–Crippen MR) is 88.1 cm³/mol. The zero-order valence-electron chi connectivity index (χ0n) is 13.2. The van der Waals surface area contributed by atoms with Crippen molar-refractivity contribution in [2.75, 3.05) is 11.9 Å². The Morgan fingerprint density at radius 1 is 1.30 bits per heavy atom. The Morgan fingerprint density at radius 3 is 2.48 bits per heavy atom. The number of thiazole rings is 1. The molecule has 0 saturated heterocycles. The number of nitrogens with zero attached hydrogens (tertiary/aromatic N) is 2. The molecule has 1 aromatic heterocycles. The van der Waals surface area contributed by atoms with E-state index in [0.29, 0.717) is 16.3 Å². The lowest BCUT2D eigenvalue weighted by atomic mass is 10.2. The smallest absolute Gasteiger partial charge is 0.266 e. The standard InChI is InChI=1S/C16H18FN3O2S/c1-10(2)20(16(22)15-11(3)18-9-23-15)8-14(21)19-13-6-4-12(17)5-7-13/h4-7,9-10H,8H2,1-3H3,(H,19,21). The van der Waals surface area contributed by atoms with Crippen molar-refractivity contribution in [3.63, 3.8) is 0 Å². The van der Waals surface area contributed by atoms with Crippen LogP contribution in [0.4, 0.5) is 10.1 Å². The molecule has 2 aromatic rings. The molecule has 1 heterocycles. The summed E-state index contributed by atoms with van der Waals surface area (Å²) in [6, 6.07) is 5.34.